The number of amides is 1. The van der Waals surface area contributed by atoms with E-state index in [1.807, 2.05) is 21.1 Å². The van der Waals surface area contributed by atoms with Crippen molar-refractivity contribution in [2.75, 3.05) is 47.8 Å². The number of nitrogens with two attached hydrogens (primary N) is 2. The number of aliphatic hydroxyl groups is 1. The minimum Gasteiger partial charge on any atom is -0.550 e. The standard InChI is InChI=1S/C7H15NO3.C4H9N3O2.C3H5N3O/c1-8(2,3)5-6(9)4-7(10)11;1-7(4(5)6)2-3(8)9;4-3-5-1-2(7)6-3/h6,9H,4-5H2,1-3H3;2H2,1H3,(H3,5,6)(H,8,9);1H2,(H3,4,5,6,7)/t6-;;/m0../s1. The first-order valence-corrected chi connectivity index (χ1v) is 7.69. The summed E-state index contributed by atoms with van der Waals surface area (Å²) in [6, 6.07) is 0. The van der Waals surface area contributed by atoms with Gasteiger partial charge in [-0.05, 0) is 0 Å². The van der Waals surface area contributed by atoms with Gasteiger partial charge in [-0.25, -0.2) is 4.99 Å². The van der Waals surface area contributed by atoms with Gasteiger partial charge in [-0.3, -0.25) is 20.3 Å². The van der Waals surface area contributed by atoms with Crippen LogP contribution in [0.2, 0.25) is 0 Å². The molecule has 0 radical (unpaired) electrons. The van der Waals surface area contributed by atoms with Crippen LogP contribution < -0.4 is 21.9 Å². The molecule has 1 heterocycles. The molecular formula is C14H29N7O6. The molecule has 8 N–H and O–H groups in total. The van der Waals surface area contributed by atoms with Crippen LogP contribution in [0.1, 0.15) is 6.42 Å². The summed E-state index contributed by atoms with van der Waals surface area (Å²) in [6.07, 6.45) is -1.09. The van der Waals surface area contributed by atoms with E-state index in [9.17, 15) is 19.5 Å². The smallest absolute Gasteiger partial charge is 0.323 e. The number of aliphatic imine (C=N–C) groups is 1. The monoisotopic (exact) mass is 391 g/mol. The average Bonchev–Trinajstić information content (AvgIpc) is 2.79. The fraction of sp³-hybridized carbons (Fsp3) is 0.643. The van der Waals surface area contributed by atoms with Crippen LogP contribution in [-0.4, -0.2) is 103 Å². The Morgan fingerprint density at radius 3 is 2.15 bits per heavy atom. The van der Waals surface area contributed by atoms with E-state index in [-0.39, 0.29) is 37.3 Å². The number of hydrogen-bond donors (Lipinski definition) is 6. The van der Waals surface area contributed by atoms with Gasteiger partial charge in [-0.1, -0.05) is 0 Å². The van der Waals surface area contributed by atoms with Gasteiger partial charge in [0.25, 0.3) is 0 Å². The summed E-state index contributed by atoms with van der Waals surface area (Å²) in [5.41, 5.74) is 9.97. The van der Waals surface area contributed by atoms with Crippen molar-refractivity contribution >= 4 is 29.8 Å². The number of quaternary nitrogens is 1. The lowest BCUT2D eigenvalue weighted by Crippen LogP contribution is -2.43. The number of likely N-dealkylation sites (N-methyl/N-ethyl adjacent to an activating group) is 2. The highest BCUT2D eigenvalue weighted by molar-refractivity contribution is 6.02. The molecule has 156 valence electrons. The quantitative estimate of drug-likeness (QED) is 0.146. The number of carbonyl (C=O) groups is 3. The van der Waals surface area contributed by atoms with Crippen molar-refractivity contribution in [3.63, 3.8) is 0 Å². The molecule has 0 aromatic heterocycles. The average molecular weight is 391 g/mol. The highest BCUT2D eigenvalue weighted by Gasteiger charge is 2.14. The predicted molar refractivity (Wildman–Crippen MR) is 95.3 cm³/mol. The van der Waals surface area contributed by atoms with Crippen LogP contribution >= 0.6 is 0 Å². The highest BCUT2D eigenvalue weighted by atomic mass is 16.4. The van der Waals surface area contributed by atoms with Gasteiger partial charge < -0.3 is 41.0 Å². The normalized spacial score (nSPS) is 13.7. The van der Waals surface area contributed by atoms with Gasteiger partial charge in [-0.15, -0.1) is 0 Å². The number of nitrogens with zero attached hydrogens (tertiary/aromatic N) is 3. The maximum atomic E-state index is 10.1. The molecule has 0 saturated heterocycles. The minimum atomic E-state index is -1.20. The summed E-state index contributed by atoms with van der Waals surface area (Å²) in [5.74, 6) is -2.33. The van der Waals surface area contributed by atoms with Crippen LogP contribution in [0.15, 0.2) is 4.99 Å². The van der Waals surface area contributed by atoms with Gasteiger partial charge in [-0.2, -0.15) is 0 Å². The summed E-state index contributed by atoms with van der Waals surface area (Å²) in [6.45, 7) is 0.384. The van der Waals surface area contributed by atoms with E-state index >= 15 is 0 Å². The molecule has 0 saturated carbocycles. The Hall–Kier alpha value is -2.93. The predicted octanol–water partition coefficient (Wildman–Crippen LogP) is -4.48. The second-order valence-electron chi connectivity index (χ2n) is 6.59. The SMILES string of the molecule is CN(CC(=O)O)C(=N)N.C[N+](C)(C)C[C@@H](O)CC(=O)[O-].NC1=NCC(=O)N1. The lowest BCUT2D eigenvalue weighted by Gasteiger charge is -2.26. The number of carbonyl (C=O) groups excluding carboxylic acids is 2. The molecule has 0 spiro atoms. The number of carboxylic acids is 2. The van der Waals surface area contributed by atoms with Crippen LogP contribution in [0.4, 0.5) is 0 Å². The van der Waals surface area contributed by atoms with E-state index in [1.54, 1.807) is 0 Å². The summed E-state index contributed by atoms with van der Waals surface area (Å²) < 4.78 is 0.550. The number of rotatable bonds is 6. The Balaban J connectivity index is 0. The van der Waals surface area contributed by atoms with Gasteiger partial charge in [0.05, 0.1) is 21.1 Å². The van der Waals surface area contributed by atoms with Crippen LogP contribution in [-0.2, 0) is 14.4 Å². The van der Waals surface area contributed by atoms with Gasteiger partial charge in [0.1, 0.15) is 25.7 Å². The third kappa shape index (κ3) is 19.2. The molecule has 0 fully saturated rings. The van der Waals surface area contributed by atoms with Crippen LogP contribution in [0.5, 0.6) is 0 Å². The van der Waals surface area contributed by atoms with Crippen molar-refractivity contribution in [2.45, 2.75) is 12.5 Å². The zero-order chi connectivity index (χ0) is 21.8. The Morgan fingerprint density at radius 1 is 1.44 bits per heavy atom. The molecule has 27 heavy (non-hydrogen) atoms. The first-order chi connectivity index (χ1) is 12.1. The van der Waals surface area contributed by atoms with E-state index < -0.39 is 18.0 Å². The lowest BCUT2D eigenvalue weighted by molar-refractivity contribution is -0.873. The molecule has 0 aromatic rings. The molecule has 1 amide bonds. The van der Waals surface area contributed by atoms with Crippen molar-refractivity contribution in [3.8, 4) is 0 Å². The molecule has 0 aromatic carbocycles. The number of hydrogen-bond acceptors (Lipinski definition) is 8. The van der Waals surface area contributed by atoms with Gasteiger partial charge >= 0.3 is 5.97 Å². The maximum Gasteiger partial charge on any atom is 0.323 e. The van der Waals surface area contributed by atoms with Crippen molar-refractivity contribution in [3.05, 3.63) is 0 Å². The van der Waals surface area contributed by atoms with E-state index in [0.717, 1.165) is 4.90 Å². The lowest BCUT2D eigenvalue weighted by atomic mass is 10.2. The second-order valence-corrected chi connectivity index (χ2v) is 6.59. The molecule has 0 bridgehead atoms. The van der Waals surface area contributed by atoms with Gasteiger partial charge in [0.2, 0.25) is 5.91 Å². The summed E-state index contributed by atoms with van der Waals surface area (Å²) in [7, 11) is 7.10. The molecule has 1 aliphatic rings. The Kier molecular flexibility index (Phi) is 12.1. The molecule has 1 atom stereocenters. The molecule has 1 aliphatic heterocycles. The second kappa shape index (κ2) is 12.4. The molecule has 0 unspecified atom stereocenters. The van der Waals surface area contributed by atoms with E-state index in [0.29, 0.717) is 11.0 Å². The maximum absolute atomic E-state index is 10.1. The highest BCUT2D eigenvalue weighted by Crippen LogP contribution is 1.97. The molecule has 13 heteroatoms. The fourth-order valence-corrected chi connectivity index (χ4v) is 1.56. The molecule has 13 nitrogen and oxygen atoms in total. The number of aliphatic carboxylic acids is 2. The topological polar surface area (TPSA) is 218 Å². The zero-order valence-corrected chi connectivity index (χ0v) is 15.9. The van der Waals surface area contributed by atoms with Crippen LogP contribution in [0, 0.1) is 5.41 Å². The Morgan fingerprint density at radius 2 is 1.96 bits per heavy atom. The third-order valence-corrected chi connectivity index (χ3v) is 2.60. The molecule has 1 rings (SSSR count). The van der Waals surface area contributed by atoms with Gasteiger partial charge in [0, 0.05) is 19.4 Å². The van der Waals surface area contributed by atoms with Crippen LogP contribution in [0.25, 0.3) is 0 Å². The number of nitrogens with one attached hydrogen (secondary N) is 2. The molecule has 0 aliphatic carbocycles. The van der Waals surface area contributed by atoms with Crippen molar-refractivity contribution < 1.29 is 34.2 Å². The summed E-state index contributed by atoms with van der Waals surface area (Å²) >= 11 is 0. The fourth-order valence-electron chi connectivity index (χ4n) is 1.56. The van der Waals surface area contributed by atoms with Crippen LogP contribution in [0.3, 0.4) is 0 Å². The Labute approximate surface area is 157 Å². The number of carboxylic acid groups (broad SMARTS) is 2. The van der Waals surface area contributed by atoms with Gasteiger partial charge in [0.15, 0.2) is 11.9 Å². The first-order valence-electron chi connectivity index (χ1n) is 7.69. The van der Waals surface area contributed by atoms with E-state index in [2.05, 4.69) is 10.3 Å². The van der Waals surface area contributed by atoms with Crippen molar-refractivity contribution in [1.29, 1.82) is 5.41 Å². The van der Waals surface area contributed by atoms with Crippen molar-refractivity contribution in [2.24, 2.45) is 16.5 Å². The van der Waals surface area contributed by atoms with E-state index in [1.165, 1.54) is 7.05 Å². The summed E-state index contributed by atoms with van der Waals surface area (Å²) in [4.78, 5) is 34.8. The zero-order valence-electron chi connectivity index (χ0n) is 15.9. The minimum absolute atomic E-state index is 0.127. The number of aliphatic hydroxyl groups excluding tert-OH is 1. The number of guanidine groups is 2. The largest absolute Gasteiger partial charge is 0.550 e. The van der Waals surface area contributed by atoms with E-state index in [4.69, 9.17) is 27.1 Å². The first kappa shape index (κ1) is 26.3. The third-order valence-electron chi connectivity index (χ3n) is 2.60. The summed E-state index contributed by atoms with van der Waals surface area (Å²) in [5, 5.41) is 36.3. The van der Waals surface area contributed by atoms with Crippen molar-refractivity contribution in [1.82, 2.24) is 10.2 Å². The Bertz CT molecular complexity index is 559. The molecular weight excluding hydrogens is 362 g/mol.